The van der Waals surface area contributed by atoms with Crippen molar-refractivity contribution in [2.45, 2.75) is 316 Å². The highest BCUT2D eigenvalue weighted by Gasteiger charge is 2.30. The molecule has 102 heavy (non-hydrogen) atoms. The van der Waals surface area contributed by atoms with Crippen molar-refractivity contribution >= 4 is 39.5 Å². The molecule has 0 aliphatic rings. The number of rotatable bonds is 72. The van der Waals surface area contributed by atoms with Crippen LogP contribution in [0.2, 0.25) is 0 Å². The van der Waals surface area contributed by atoms with Crippen LogP contribution in [-0.4, -0.2) is 96.7 Å². The number of aliphatic hydroxyl groups is 1. The van der Waals surface area contributed by atoms with Gasteiger partial charge in [0.25, 0.3) is 0 Å². The molecule has 0 aromatic carbocycles. The third-order valence-electron chi connectivity index (χ3n) is 15.8. The Hall–Kier alpha value is -5.06. The fourth-order valence-electron chi connectivity index (χ4n) is 9.91. The molecule has 17 nitrogen and oxygen atoms in total. The molecule has 582 valence electrons. The number of allylic oxidation sites excluding steroid dienone is 24. The Morgan fingerprint density at radius 2 is 0.529 bits per heavy atom. The number of phosphoric ester groups is 2. The average molecular weight is 1470 g/mol. The first-order chi connectivity index (χ1) is 49.7. The smallest absolute Gasteiger partial charge is 0.462 e. The molecule has 5 unspecified atom stereocenters. The summed E-state index contributed by atoms with van der Waals surface area (Å²) in [5.41, 5.74) is 0. The summed E-state index contributed by atoms with van der Waals surface area (Å²) < 4.78 is 68.4. The number of esters is 4. The first kappa shape index (κ1) is 96.9. The van der Waals surface area contributed by atoms with Crippen molar-refractivity contribution in [1.82, 2.24) is 0 Å². The third kappa shape index (κ3) is 73.3. The number of hydrogen-bond donors (Lipinski definition) is 3. The Kier molecular flexibility index (Phi) is 70.5. The van der Waals surface area contributed by atoms with Crippen molar-refractivity contribution in [3.8, 4) is 0 Å². The standard InChI is InChI=1S/C83H138O17P2/c1-5-9-13-17-21-25-29-33-36-37-38-39-42-45-48-52-56-60-64-68-81(86)94-74-79(100-83(88)70-66-62-58-54-50-46-41-35-31-27-23-19-15-11-7-3)76-98-102(91,92)96-72-77(84)71-95-101(89,90)97-75-78(99-82(87)69-65-61-57-53-49-43-32-28-24-20-16-12-8-4)73-93-80(85)67-63-59-55-51-47-44-40-34-30-26-22-18-14-10-6-2/h9-10,13-14,21-23,25-27,33-36,38-41,45,47-48,51,56,60,77-79,84H,5-8,11-12,15-20,24,28-32,37,42-44,46,49-50,52-55,57-59,61-76H2,1-4H3,(H,89,90)(H,91,92)/b13-9-,14-10-,25-21-,26-22-,27-23-,36-33-,39-38-,40-34-,41-35-,48-45-,51-47-,60-56-. The molecule has 0 aromatic heterocycles. The van der Waals surface area contributed by atoms with E-state index in [0.717, 1.165) is 141 Å². The van der Waals surface area contributed by atoms with Gasteiger partial charge in [0.15, 0.2) is 12.2 Å². The Morgan fingerprint density at radius 1 is 0.284 bits per heavy atom. The first-order valence-electron chi connectivity index (χ1n) is 39.1. The molecule has 0 radical (unpaired) electrons. The minimum absolute atomic E-state index is 0.0288. The lowest BCUT2D eigenvalue weighted by Gasteiger charge is -2.21. The molecule has 0 saturated heterocycles. The van der Waals surface area contributed by atoms with E-state index in [1.807, 2.05) is 18.2 Å². The van der Waals surface area contributed by atoms with Crippen LogP contribution in [0.5, 0.6) is 0 Å². The number of unbranched alkanes of at least 4 members (excludes halogenated alkanes) is 22. The summed E-state index contributed by atoms with van der Waals surface area (Å²) in [4.78, 5) is 72.9. The molecule has 5 atom stereocenters. The first-order valence-corrected chi connectivity index (χ1v) is 42.1. The average Bonchev–Trinajstić information content (AvgIpc) is 0.924. The van der Waals surface area contributed by atoms with Crippen LogP contribution in [0.3, 0.4) is 0 Å². The van der Waals surface area contributed by atoms with E-state index in [1.165, 1.54) is 70.6 Å². The van der Waals surface area contributed by atoms with Crippen LogP contribution in [0.1, 0.15) is 297 Å². The van der Waals surface area contributed by atoms with Gasteiger partial charge in [-0.15, -0.1) is 0 Å². The van der Waals surface area contributed by atoms with Gasteiger partial charge in [-0.2, -0.15) is 0 Å². The number of hydrogen-bond acceptors (Lipinski definition) is 15. The summed E-state index contributed by atoms with van der Waals surface area (Å²) in [5.74, 6) is -2.34. The monoisotopic (exact) mass is 1470 g/mol. The minimum Gasteiger partial charge on any atom is -0.462 e. The summed E-state index contributed by atoms with van der Waals surface area (Å²) in [6.07, 6.45) is 84.2. The molecule has 3 N–H and O–H groups in total. The second kappa shape index (κ2) is 74.2. The number of ether oxygens (including phenoxy) is 4. The van der Waals surface area contributed by atoms with Crippen LogP contribution >= 0.6 is 15.6 Å². The van der Waals surface area contributed by atoms with Gasteiger partial charge in [0, 0.05) is 25.7 Å². The fourth-order valence-corrected chi connectivity index (χ4v) is 11.5. The Morgan fingerprint density at radius 3 is 0.882 bits per heavy atom. The molecule has 0 heterocycles. The van der Waals surface area contributed by atoms with E-state index >= 15 is 0 Å². The molecule has 0 bridgehead atoms. The molecule has 0 aliphatic carbocycles. The van der Waals surface area contributed by atoms with Crippen molar-refractivity contribution in [2.24, 2.45) is 0 Å². The van der Waals surface area contributed by atoms with Gasteiger partial charge < -0.3 is 33.8 Å². The zero-order valence-electron chi connectivity index (χ0n) is 63.5. The number of carbonyl (C=O) groups is 4. The molecule has 0 saturated carbocycles. The van der Waals surface area contributed by atoms with E-state index in [9.17, 15) is 43.2 Å². The predicted molar refractivity (Wildman–Crippen MR) is 417 cm³/mol. The normalized spacial score (nSPS) is 14.7. The second-order valence-corrected chi connectivity index (χ2v) is 28.4. The summed E-state index contributed by atoms with van der Waals surface area (Å²) in [6.45, 7) is 4.47. The van der Waals surface area contributed by atoms with Crippen LogP contribution in [0.4, 0.5) is 0 Å². The molecule has 0 fully saturated rings. The van der Waals surface area contributed by atoms with Gasteiger partial charge >= 0.3 is 39.5 Å². The van der Waals surface area contributed by atoms with Crippen molar-refractivity contribution in [1.29, 1.82) is 0 Å². The molecular formula is C83H138O17P2. The number of aliphatic hydroxyl groups excluding tert-OH is 1. The molecular weight excluding hydrogens is 1330 g/mol. The summed E-state index contributed by atoms with van der Waals surface area (Å²) in [7, 11) is -9.99. The van der Waals surface area contributed by atoms with Crippen molar-refractivity contribution in [3.05, 3.63) is 146 Å². The Bertz CT molecular complexity index is 2510. The van der Waals surface area contributed by atoms with Gasteiger partial charge in [-0.3, -0.25) is 37.3 Å². The third-order valence-corrected chi connectivity index (χ3v) is 17.7. The van der Waals surface area contributed by atoms with Crippen LogP contribution in [0.15, 0.2) is 146 Å². The van der Waals surface area contributed by atoms with E-state index in [4.69, 9.17) is 37.0 Å². The van der Waals surface area contributed by atoms with Crippen molar-refractivity contribution in [3.63, 3.8) is 0 Å². The zero-order chi connectivity index (χ0) is 74.6. The molecule has 0 amide bonds. The van der Waals surface area contributed by atoms with Gasteiger partial charge in [-0.1, -0.05) is 283 Å². The van der Waals surface area contributed by atoms with Gasteiger partial charge in [0.2, 0.25) is 0 Å². The van der Waals surface area contributed by atoms with Crippen molar-refractivity contribution < 1.29 is 80.2 Å². The number of phosphoric acid groups is 2. The predicted octanol–water partition coefficient (Wildman–Crippen LogP) is 22.7. The lowest BCUT2D eigenvalue weighted by atomic mass is 10.0. The fraction of sp³-hybridized carbons (Fsp3) is 0.663. The van der Waals surface area contributed by atoms with Gasteiger partial charge in [0.05, 0.1) is 26.4 Å². The van der Waals surface area contributed by atoms with Crippen LogP contribution < -0.4 is 0 Å². The van der Waals surface area contributed by atoms with Gasteiger partial charge in [-0.25, -0.2) is 9.13 Å². The lowest BCUT2D eigenvalue weighted by molar-refractivity contribution is -0.161. The Labute approximate surface area is 617 Å². The summed E-state index contributed by atoms with van der Waals surface area (Å²) in [5, 5.41) is 10.6. The van der Waals surface area contributed by atoms with E-state index in [-0.39, 0.29) is 25.7 Å². The minimum atomic E-state index is -5.00. The van der Waals surface area contributed by atoms with Crippen molar-refractivity contribution in [2.75, 3.05) is 39.6 Å². The van der Waals surface area contributed by atoms with E-state index in [2.05, 4.69) is 155 Å². The van der Waals surface area contributed by atoms with E-state index in [0.29, 0.717) is 32.1 Å². The Balaban J connectivity index is 5.46. The number of carbonyl (C=O) groups excluding carboxylic acids is 4. The van der Waals surface area contributed by atoms with Gasteiger partial charge in [0.1, 0.15) is 19.3 Å². The summed E-state index contributed by atoms with van der Waals surface area (Å²) >= 11 is 0. The van der Waals surface area contributed by atoms with Crippen LogP contribution in [0, 0.1) is 0 Å². The van der Waals surface area contributed by atoms with Crippen LogP contribution in [0.25, 0.3) is 0 Å². The zero-order valence-corrected chi connectivity index (χ0v) is 65.3. The molecule has 0 aromatic rings. The largest absolute Gasteiger partial charge is 0.472 e. The topological polar surface area (TPSA) is 237 Å². The summed E-state index contributed by atoms with van der Waals surface area (Å²) in [6, 6.07) is 0. The highest BCUT2D eigenvalue weighted by Crippen LogP contribution is 2.45. The maximum atomic E-state index is 13.1. The second-order valence-electron chi connectivity index (χ2n) is 25.5. The molecule has 0 spiro atoms. The quantitative estimate of drug-likeness (QED) is 0.0169. The molecule has 19 heteroatoms. The SMILES string of the molecule is CC/C=C\C/C=C\C/C=C\C/C=C\C/C=C\C/C=C\CCC(=O)OCC(COP(=O)(O)OCC(O)COP(=O)(O)OCC(COC(=O)CCCC/C=C\C/C=C\C/C=C\C/C=C\CC)OC(=O)CCCCCCCCCCCCCCC)OC(=O)CCCCCCC/C=C\C/C=C\CCCCC. The van der Waals surface area contributed by atoms with E-state index in [1.54, 1.807) is 0 Å². The lowest BCUT2D eigenvalue weighted by Crippen LogP contribution is -2.30. The maximum absolute atomic E-state index is 13.1. The van der Waals surface area contributed by atoms with Crippen LogP contribution in [-0.2, 0) is 65.4 Å². The highest BCUT2D eigenvalue weighted by molar-refractivity contribution is 7.47. The van der Waals surface area contributed by atoms with Gasteiger partial charge in [-0.05, 0) is 135 Å². The van der Waals surface area contributed by atoms with E-state index < -0.39 is 97.5 Å². The molecule has 0 rings (SSSR count). The molecule has 0 aliphatic heterocycles. The maximum Gasteiger partial charge on any atom is 0.472 e. The highest BCUT2D eigenvalue weighted by atomic mass is 31.2.